The van der Waals surface area contributed by atoms with Crippen LogP contribution < -0.4 is 0 Å². The molecule has 0 spiro atoms. The van der Waals surface area contributed by atoms with E-state index in [0.29, 0.717) is 0 Å². The van der Waals surface area contributed by atoms with Crippen LogP contribution in [-0.2, 0) is 14.3 Å². The van der Waals surface area contributed by atoms with Crippen LogP contribution in [0.25, 0.3) is 0 Å². The fourth-order valence-corrected chi connectivity index (χ4v) is 1.29. The van der Waals surface area contributed by atoms with E-state index in [4.69, 9.17) is 0 Å². The van der Waals surface area contributed by atoms with Gasteiger partial charge in [0.25, 0.3) is 0 Å². The number of hydrogen-bond acceptors (Lipinski definition) is 4. The van der Waals surface area contributed by atoms with E-state index in [9.17, 15) is 40.3 Å². The van der Waals surface area contributed by atoms with Gasteiger partial charge in [0, 0.05) is 5.57 Å². The van der Waals surface area contributed by atoms with Crippen LogP contribution in [0, 0.1) is 5.92 Å². The molecule has 4 nitrogen and oxygen atoms in total. The highest BCUT2D eigenvalue weighted by molar-refractivity contribution is 5.93. The Morgan fingerprint density at radius 2 is 1.43 bits per heavy atom. The van der Waals surface area contributed by atoms with Crippen molar-refractivity contribution < 1.29 is 49.8 Å². The van der Waals surface area contributed by atoms with Gasteiger partial charge in [0.05, 0.1) is 0 Å². The summed E-state index contributed by atoms with van der Waals surface area (Å²) in [6, 6.07) is 0. The summed E-state index contributed by atoms with van der Waals surface area (Å²) in [5.41, 5.74) is -0.351. The molecule has 0 aromatic rings. The van der Waals surface area contributed by atoms with Gasteiger partial charge in [0.15, 0.2) is 6.10 Å². The lowest BCUT2D eigenvalue weighted by Gasteiger charge is -2.34. The van der Waals surface area contributed by atoms with Gasteiger partial charge in [0.1, 0.15) is 0 Å². The van der Waals surface area contributed by atoms with E-state index < -0.39 is 42.2 Å². The molecule has 134 valence electrons. The molecular formula is C12H13F7O4. The summed E-state index contributed by atoms with van der Waals surface area (Å²) >= 11 is 0. The van der Waals surface area contributed by atoms with Gasteiger partial charge in [-0.2, -0.15) is 30.7 Å². The zero-order valence-electron chi connectivity index (χ0n) is 12.1. The Morgan fingerprint density at radius 1 is 1.00 bits per heavy atom. The number of halogens is 7. The monoisotopic (exact) mass is 354 g/mol. The van der Waals surface area contributed by atoms with Gasteiger partial charge in [-0.1, -0.05) is 20.4 Å². The zero-order valence-corrected chi connectivity index (χ0v) is 12.1. The minimum Gasteiger partial charge on any atom is -0.424 e. The molecule has 0 amide bonds. The molecule has 11 heteroatoms. The molecule has 0 aliphatic rings. The average Bonchev–Trinajstić information content (AvgIpc) is 2.33. The summed E-state index contributed by atoms with van der Waals surface area (Å²) in [7, 11) is 0. The lowest BCUT2D eigenvalue weighted by molar-refractivity contribution is -0.373. The summed E-state index contributed by atoms with van der Waals surface area (Å²) in [5.74, 6) is -15.3. The number of esters is 1. The van der Waals surface area contributed by atoms with E-state index in [2.05, 4.69) is 16.1 Å². The first-order valence-corrected chi connectivity index (χ1v) is 5.96. The second-order valence-corrected chi connectivity index (χ2v) is 4.90. The predicted octanol–water partition coefficient (Wildman–Crippen LogP) is 4.10. The topological polar surface area (TPSA) is 52.6 Å². The number of hydrogen-bond donors (Lipinski definition) is 0. The van der Waals surface area contributed by atoms with Crippen LogP contribution >= 0.6 is 0 Å². The highest BCUT2D eigenvalue weighted by Crippen LogP contribution is 2.50. The van der Waals surface area contributed by atoms with E-state index >= 15 is 0 Å². The third-order valence-electron chi connectivity index (χ3n) is 2.49. The van der Waals surface area contributed by atoms with Gasteiger partial charge >= 0.3 is 30.1 Å². The molecule has 0 saturated heterocycles. The molecule has 1 unspecified atom stereocenters. The van der Waals surface area contributed by atoms with Crippen LogP contribution in [0.3, 0.4) is 0 Å². The van der Waals surface area contributed by atoms with Crippen molar-refractivity contribution in [1.82, 2.24) is 0 Å². The molecule has 0 rings (SSSR count). The first-order valence-electron chi connectivity index (χ1n) is 5.96. The summed E-state index contributed by atoms with van der Waals surface area (Å²) in [4.78, 5) is 22.1. The maximum Gasteiger partial charge on any atom is 0.516 e. The van der Waals surface area contributed by atoms with Crippen molar-refractivity contribution in [1.29, 1.82) is 0 Å². The van der Waals surface area contributed by atoms with Crippen LogP contribution in [0.5, 0.6) is 0 Å². The maximum absolute atomic E-state index is 13.6. The molecule has 0 aliphatic carbocycles. The number of ether oxygens (including phenoxy) is 2. The minimum atomic E-state index is -6.58. The molecule has 0 aromatic heterocycles. The van der Waals surface area contributed by atoms with Crippen molar-refractivity contribution >= 4 is 12.1 Å². The van der Waals surface area contributed by atoms with E-state index in [1.807, 2.05) is 0 Å². The van der Waals surface area contributed by atoms with Gasteiger partial charge in [-0.15, -0.1) is 0 Å². The third kappa shape index (κ3) is 4.58. The van der Waals surface area contributed by atoms with Crippen molar-refractivity contribution in [2.75, 3.05) is 0 Å². The molecule has 0 saturated carbocycles. The van der Waals surface area contributed by atoms with Gasteiger partial charge in [-0.3, -0.25) is 0 Å². The molecular weight excluding hydrogens is 341 g/mol. The standard InChI is InChI=1S/C12H13F7O4/c1-5(2)7(22-9(21)23-8(20)6(3)4)10(13,14)11(15,16)12(17,18)19/h5,7H,3H2,1-2,4H3. The highest BCUT2D eigenvalue weighted by Gasteiger charge is 2.76. The molecule has 1 atom stereocenters. The minimum absolute atomic E-state index is 0.351. The Labute approximate surface area is 126 Å². The normalized spacial score (nSPS) is 14.4. The predicted molar refractivity (Wildman–Crippen MR) is 62.0 cm³/mol. The summed E-state index contributed by atoms with van der Waals surface area (Å²) in [5, 5.41) is 0. The number of rotatable bonds is 5. The smallest absolute Gasteiger partial charge is 0.424 e. The molecule has 0 bridgehead atoms. The number of alkyl halides is 7. The van der Waals surface area contributed by atoms with Crippen molar-refractivity contribution in [3.05, 3.63) is 12.2 Å². The lowest BCUT2D eigenvalue weighted by Crippen LogP contribution is -2.60. The number of carbonyl (C=O) groups excluding carboxylic acids is 2. The Hall–Kier alpha value is -1.81. The van der Waals surface area contributed by atoms with Gasteiger partial charge < -0.3 is 9.47 Å². The van der Waals surface area contributed by atoms with E-state index in [1.165, 1.54) is 0 Å². The van der Waals surface area contributed by atoms with E-state index in [-0.39, 0.29) is 5.57 Å². The Bertz CT molecular complexity index is 482. The Morgan fingerprint density at radius 3 is 1.74 bits per heavy atom. The molecule has 0 N–H and O–H groups in total. The SMILES string of the molecule is C=C(C)C(=O)OC(=O)OC(C(C)C)C(F)(F)C(F)(F)C(F)(F)F. The summed E-state index contributed by atoms with van der Waals surface area (Å²) < 4.78 is 97.1. The molecule has 0 fully saturated rings. The second kappa shape index (κ2) is 6.75. The van der Waals surface area contributed by atoms with Crippen molar-refractivity contribution in [2.24, 2.45) is 5.92 Å². The number of carbonyl (C=O) groups is 2. The second-order valence-electron chi connectivity index (χ2n) is 4.90. The quantitative estimate of drug-likeness (QED) is 0.323. The van der Waals surface area contributed by atoms with Gasteiger partial charge in [0.2, 0.25) is 0 Å². The van der Waals surface area contributed by atoms with Gasteiger partial charge in [-0.05, 0) is 12.8 Å². The first-order chi connectivity index (χ1) is 10.1. The molecule has 0 heterocycles. The van der Waals surface area contributed by atoms with Crippen LogP contribution in [0.15, 0.2) is 12.2 Å². The fraction of sp³-hybridized carbons (Fsp3) is 0.667. The zero-order chi connectivity index (χ0) is 18.8. The Balaban J connectivity index is 5.45. The van der Waals surface area contributed by atoms with Crippen LogP contribution in [0.1, 0.15) is 20.8 Å². The van der Waals surface area contributed by atoms with Crippen molar-refractivity contribution in [3.8, 4) is 0 Å². The molecule has 0 aromatic carbocycles. The lowest BCUT2D eigenvalue weighted by atomic mass is 9.95. The van der Waals surface area contributed by atoms with Gasteiger partial charge in [-0.25, -0.2) is 9.59 Å². The average molecular weight is 354 g/mol. The van der Waals surface area contributed by atoms with Crippen molar-refractivity contribution in [3.63, 3.8) is 0 Å². The van der Waals surface area contributed by atoms with Crippen LogP contribution in [0.4, 0.5) is 35.5 Å². The highest BCUT2D eigenvalue weighted by atomic mass is 19.4. The van der Waals surface area contributed by atoms with Crippen molar-refractivity contribution in [2.45, 2.75) is 44.9 Å². The largest absolute Gasteiger partial charge is 0.516 e. The van der Waals surface area contributed by atoms with Crippen LogP contribution in [0.2, 0.25) is 0 Å². The van der Waals surface area contributed by atoms with Crippen LogP contribution in [-0.4, -0.2) is 36.2 Å². The van der Waals surface area contributed by atoms with E-state index in [1.54, 1.807) is 0 Å². The first kappa shape index (κ1) is 21.2. The summed E-state index contributed by atoms with van der Waals surface area (Å²) in [6.45, 7) is 5.75. The summed E-state index contributed by atoms with van der Waals surface area (Å²) in [6.07, 6.45) is -11.9. The molecule has 0 aliphatic heterocycles. The maximum atomic E-state index is 13.6. The third-order valence-corrected chi connectivity index (χ3v) is 2.49. The Kier molecular flexibility index (Phi) is 6.22. The fourth-order valence-electron chi connectivity index (χ4n) is 1.29. The molecule has 0 radical (unpaired) electrons. The van der Waals surface area contributed by atoms with E-state index in [0.717, 1.165) is 20.8 Å². The molecule has 23 heavy (non-hydrogen) atoms.